The van der Waals surface area contributed by atoms with Crippen molar-refractivity contribution in [3.05, 3.63) is 53.3 Å². The highest BCUT2D eigenvalue weighted by Crippen LogP contribution is 2.43. The molecule has 4 heteroatoms. The van der Waals surface area contributed by atoms with Crippen molar-refractivity contribution >= 4 is 17.3 Å². The molecule has 1 aromatic carbocycles. The fourth-order valence-electron chi connectivity index (χ4n) is 2.35. The molecule has 1 aromatic heterocycles. The molecule has 1 saturated carbocycles. The summed E-state index contributed by atoms with van der Waals surface area (Å²) in [4.78, 5) is 4.12. The van der Waals surface area contributed by atoms with Gasteiger partial charge in [-0.2, -0.15) is 0 Å². The van der Waals surface area contributed by atoms with Crippen molar-refractivity contribution in [3.8, 4) is 5.75 Å². The van der Waals surface area contributed by atoms with Gasteiger partial charge in [0.05, 0.1) is 25.0 Å². The fraction of sp³-hybridized carbons (Fsp3) is 0.312. The van der Waals surface area contributed by atoms with Crippen LogP contribution in [0.5, 0.6) is 5.75 Å². The summed E-state index contributed by atoms with van der Waals surface area (Å²) in [5, 5.41) is 4.08. The molecule has 104 valence electrons. The first-order valence-corrected chi connectivity index (χ1v) is 7.16. The van der Waals surface area contributed by atoms with Crippen LogP contribution >= 0.6 is 11.6 Å². The van der Waals surface area contributed by atoms with E-state index in [0.717, 1.165) is 11.4 Å². The van der Waals surface area contributed by atoms with Gasteiger partial charge >= 0.3 is 0 Å². The van der Waals surface area contributed by atoms with Crippen molar-refractivity contribution < 1.29 is 4.74 Å². The van der Waals surface area contributed by atoms with Crippen molar-refractivity contribution in [1.82, 2.24) is 4.98 Å². The van der Waals surface area contributed by atoms with E-state index in [1.165, 1.54) is 18.4 Å². The molecule has 0 amide bonds. The van der Waals surface area contributed by atoms with Crippen molar-refractivity contribution in [3.63, 3.8) is 0 Å². The molecule has 1 heterocycles. The Bertz CT molecular complexity index is 564. The zero-order chi connectivity index (χ0) is 13.9. The lowest BCUT2D eigenvalue weighted by Crippen LogP contribution is -2.13. The molecule has 20 heavy (non-hydrogen) atoms. The van der Waals surface area contributed by atoms with Crippen molar-refractivity contribution in [2.45, 2.75) is 18.9 Å². The largest absolute Gasteiger partial charge is 0.497 e. The smallest absolute Gasteiger partial charge is 0.129 e. The van der Waals surface area contributed by atoms with Gasteiger partial charge in [-0.1, -0.05) is 23.7 Å². The lowest BCUT2D eigenvalue weighted by atomic mass is 10.0. The standard InChI is InChI=1S/C16H17ClN2O/c1-20-14-7-4-12(5-8-14)16(11-2-3-11)19-13-6-9-15(17)18-10-13/h4-11,16,19H,2-3H2,1H3. The number of pyridine rings is 1. The Labute approximate surface area is 123 Å². The van der Waals surface area contributed by atoms with E-state index in [2.05, 4.69) is 22.4 Å². The second-order valence-corrected chi connectivity index (χ2v) is 5.49. The topological polar surface area (TPSA) is 34.1 Å². The van der Waals surface area contributed by atoms with Crippen LogP contribution in [0.4, 0.5) is 5.69 Å². The van der Waals surface area contributed by atoms with Crippen LogP contribution in [0.25, 0.3) is 0 Å². The quantitative estimate of drug-likeness (QED) is 0.833. The number of methoxy groups -OCH3 is 1. The summed E-state index contributed by atoms with van der Waals surface area (Å²) in [6, 6.07) is 12.4. The monoisotopic (exact) mass is 288 g/mol. The number of nitrogens with zero attached hydrogens (tertiary/aromatic N) is 1. The molecule has 1 fully saturated rings. The molecular formula is C16H17ClN2O. The third-order valence-electron chi connectivity index (χ3n) is 3.62. The molecule has 1 N–H and O–H groups in total. The average Bonchev–Trinajstić information content (AvgIpc) is 3.31. The first kappa shape index (κ1) is 13.3. The third-order valence-corrected chi connectivity index (χ3v) is 3.84. The van der Waals surface area contributed by atoms with Crippen molar-refractivity contribution in [2.75, 3.05) is 12.4 Å². The number of aromatic nitrogens is 1. The minimum atomic E-state index is 0.323. The Kier molecular flexibility index (Phi) is 3.79. The van der Waals surface area contributed by atoms with Gasteiger partial charge < -0.3 is 10.1 Å². The summed E-state index contributed by atoms with van der Waals surface area (Å²) < 4.78 is 5.21. The van der Waals surface area contributed by atoms with Gasteiger partial charge in [-0.15, -0.1) is 0 Å². The number of benzene rings is 1. The van der Waals surface area contributed by atoms with Crippen LogP contribution in [-0.4, -0.2) is 12.1 Å². The van der Waals surface area contributed by atoms with Crippen LogP contribution in [0.3, 0.4) is 0 Å². The predicted molar refractivity (Wildman–Crippen MR) is 81.3 cm³/mol. The minimum Gasteiger partial charge on any atom is -0.497 e. The Morgan fingerprint density at radius 1 is 1.20 bits per heavy atom. The van der Waals surface area contributed by atoms with E-state index in [9.17, 15) is 0 Å². The Morgan fingerprint density at radius 3 is 2.50 bits per heavy atom. The summed E-state index contributed by atoms with van der Waals surface area (Å²) in [7, 11) is 1.69. The number of rotatable bonds is 5. The van der Waals surface area contributed by atoms with E-state index in [1.54, 1.807) is 13.3 Å². The van der Waals surface area contributed by atoms with Crippen LogP contribution in [0.2, 0.25) is 5.15 Å². The molecule has 1 aliphatic carbocycles. The van der Waals surface area contributed by atoms with E-state index in [0.29, 0.717) is 17.1 Å². The predicted octanol–water partition coefficient (Wildman–Crippen LogP) is 4.31. The second kappa shape index (κ2) is 5.71. The fourth-order valence-corrected chi connectivity index (χ4v) is 2.47. The van der Waals surface area contributed by atoms with E-state index in [1.807, 2.05) is 24.3 Å². The molecule has 2 aromatic rings. The summed E-state index contributed by atoms with van der Waals surface area (Å²) in [6.45, 7) is 0. The van der Waals surface area contributed by atoms with Gasteiger partial charge in [0.15, 0.2) is 0 Å². The maximum atomic E-state index is 5.82. The number of hydrogen-bond donors (Lipinski definition) is 1. The molecule has 1 atom stereocenters. The van der Waals surface area contributed by atoms with Crippen LogP contribution in [-0.2, 0) is 0 Å². The summed E-state index contributed by atoms with van der Waals surface area (Å²) in [5.74, 6) is 1.58. The molecule has 0 radical (unpaired) electrons. The molecule has 1 unspecified atom stereocenters. The molecule has 3 nitrogen and oxygen atoms in total. The third kappa shape index (κ3) is 3.05. The molecule has 0 saturated heterocycles. The summed E-state index contributed by atoms with van der Waals surface area (Å²) in [6.07, 6.45) is 4.32. The average molecular weight is 289 g/mol. The lowest BCUT2D eigenvalue weighted by Gasteiger charge is -2.20. The van der Waals surface area contributed by atoms with E-state index >= 15 is 0 Å². The molecule has 0 spiro atoms. The van der Waals surface area contributed by atoms with Gasteiger partial charge in [-0.3, -0.25) is 0 Å². The highest BCUT2D eigenvalue weighted by atomic mass is 35.5. The first-order chi connectivity index (χ1) is 9.76. The van der Waals surface area contributed by atoms with Gasteiger partial charge in [-0.25, -0.2) is 4.98 Å². The molecular weight excluding hydrogens is 272 g/mol. The van der Waals surface area contributed by atoms with Gasteiger partial charge in [0.25, 0.3) is 0 Å². The normalized spacial score (nSPS) is 15.7. The SMILES string of the molecule is COc1ccc(C(Nc2ccc(Cl)nc2)C2CC2)cc1. The highest BCUT2D eigenvalue weighted by molar-refractivity contribution is 6.29. The Balaban J connectivity index is 1.79. The molecule has 1 aliphatic rings. The van der Waals surface area contributed by atoms with Gasteiger partial charge in [0.1, 0.15) is 10.9 Å². The lowest BCUT2D eigenvalue weighted by molar-refractivity contribution is 0.414. The number of halogens is 1. The second-order valence-electron chi connectivity index (χ2n) is 5.10. The minimum absolute atomic E-state index is 0.323. The molecule has 3 rings (SSSR count). The number of anilines is 1. The van der Waals surface area contributed by atoms with Gasteiger partial charge in [0, 0.05) is 0 Å². The van der Waals surface area contributed by atoms with Crippen LogP contribution < -0.4 is 10.1 Å². The van der Waals surface area contributed by atoms with Crippen molar-refractivity contribution in [2.24, 2.45) is 5.92 Å². The Hall–Kier alpha value is -1.74. The van der Waals surface area contributed by atoms with Crippen LogP contribution in [0.1, 0.15) is 24.4 Å². The van der Waals surface area contributed by atoms with Crippen LogP contribution in [0.15, 0.2) is 42.6 Å². The summed E-state index contributed by atoms with van der Waals surface area (Å²) >= 11 is 5.82. The van der Waals surface area contributed by atoms with Gasteiger partial charge in [0.2, 0.25) is 0 Å². The Morgan fingerprint density at radius 2 is 1.95 bits per heavy atom. The van der Waals surface area contributed by atoms with E-state index in [-0.39, 0.29) is 0 Å². The number of ether oxygens (including phenoxy) is 1. The van der Waals surface area contributed by atoms with E-state index in [4.69, 9.17) is 16.3 Å². The molecule has 0 bridgehead atoms. The van der Waals surface area contributed by atoms with Crippen molar-refractivity contribution in [1.29, 1.82) is 0 Å². The van der Waals surface area contributed by atoms with E-state index < -0.39 is 0 Å². The zero-order valence-corrected chi connectivity index (χ0v) is 12.1. The molecule has 0 aliphatic heterocycles. The maximum Gasteiger partial charge on any atom is 0.129 e. The van der Waals surface area contributed by atoms with Gasteiger partial charge in [-0.05, 0) is 48.6 Å². The highest BCUT2D eigenvalue weighted by Gasteiger charge is 2.32. The first-order valence-electron chi connectivity index (χ1n) is 6.78. The number of nitrogens with one attached hydrogen (secondary N) is 1. The maximum absolute atomic E-state index is 5.82. The zero-order valence-electron chi connectivity index (χ0n) is 11.3. The number of hydrogen-bond acceptors (Lipinski definition) is 3. The van der Waals surface area contributed by atoms with Crippen LogP contribution in [0, 0.1) is 5.92 Å². The summed E-state index contributed by atoms with van der Waals surface area (Å²) in [5.41, 5.74) is 2.28.